The first-order valence-electron chi connectivity index (χ1n) is 2.26. The predicted octanol–water partition coefficient (Wildman–Crippen LogP) is 1.35. The molecule has 0 aromatic carbocycles. The van der Waals surface area contributed by atoms with Gasteiger partial charge in [-0.05, 0) is 0 Å². The topological polar surface area (TPSA) is 0 Å². The van der Waals surface area contributed by atoms with E-state index in [2.05, 4.69) is 20.8 Å². The fraction of sp³-hybridized carbons (Fsp3) is 1.00. The molecule has 0 heterocycles. The molecule has 0 aliphatic carbocycles. The quantitative estimate of drug-likeness (QED) is 0.507. The summed E-state index contributed by atoms with van der Waals surface area (Å²) in [6.07, 6.45) is 0. The first kappa shape index (κ1) is 6.80. The second-order valence-electron chi connectivity index (χ2n) is 2.76. The van der Waals surface area contributed by atoms with Gasteiger partial charge >= 0.3 is 53.1 Å². The Morgan fingerprint density at radius 1 is 1.33 bits per heavy atom. The predicted molar refractivity (Wildman–Crippen MR) is 31.4 cm³/mol. The summed E-state index contributed by atoms with van der Waals surface area (Å²) in [7, 11) is 0. The van der Waals surface area contributed by atoms with Crippen LogP contribution < -0.4 is 0 Å². The standard InChI is InChI=1S/C5H11.Sn.H/c1-5(2,3)4;;/h1H2,2-4H3;;. The molecule has 0 spiro atoms. The maximum atomic E-state index is 2.28. The molecule has 0 aliphatic rings. The van der Waals surface area contributed by atoms with E-state index in [0.29, 0.717) is 5.41 Å². The molecule has 0 nitrogen and oxygen atoms in total. The molecule has 0 fully saturated rings. The van der Waals surface area contributed by atoms with Crippen molar-refractivity contribution in [3.05, 3.63) is 0 Å². The number of hydrogen-bond donors (Lipinski definition) is 0. The van der Waals surface area contributed by atoms with E-state index < -0.39 is 0 Å². The van der Waals surface area contributed by atoms with E-state index in [4.69, 9.17) is 0 Å². The van der Waals surface area contributed by atoms with Crippen molar-refractivity contribution in [3.8, 4) is 0 Å². The zero-order valence-electron chi connectivity index (χ0n) is 4.78. The van der Waals surface area contributed by atoms with Crippen LogP contribution in [0.5, 0.6) is 0 Å². The zero-order chi connectivity index (χ0) is 5.21. The molecule has 0 unspecified atom stereocenters. The summed E-state index contributed by atoms with van der Waals surface area (Å²) in [4.78, 5) is 0. The Morgan fingerprint density at radius 2 is 1.50 bits per heavy atom. The van der Waals surface area contributed by atoms with Crippen LogP contribution in [0.2, 0.25) is 4.44 Å². The van der Waals surface area contributed by atoms with E-state index in [0.717, 1.165) is 0 Å². The first-order chi connectivity index (χ1) is 2.56. The van der Waals surface area contributed by atoms with E-state index in [-0.39, 0.29) is 0 Å². The van der Waals surface area contributed by atoms with Crippen LogP contribution in [-0.4, -0.2) is 22.5 Å². The van der Waals surface area contributed by atoms with E-state index >= 15 is 0 Å². The van der Waals surface area contributed by atoms with Crippen molar-refractivity contribution in [2.45, 2.75) is 25.2 Å². The summed E-state index contributed by atoms with van der Waals surface area (Å²) in [6.45, 7) is 6.83. The molecule has 6 heavy (non-hydrogen) atoms. The number of hydrogen-bond acceptors (Lipinski definition) is 0. The summed E-state index contributed by atoms with van der Waals surface area (Å²) >= 11 is 1.40. The fourth-order valence-corrected chi connectivity index (χ4v) is 0. The molecule has 0 aromatic heterocycles. The van der Waals surface area contributed by atoms with Crippen LogP contribution in [0.4, 0.5) is 0 Å². The minimum atomic E-state index is 0.599. The van der Waals surface area contributed by atoms with Gasteiger partial charge in [0.2, 0.25) is 0 Å². The van der Waals surface area contributed by atoms with Gasteiger partial charge in [0.05, 0.1) is 0 Å². The molecular weight excluding hydrogens is 179 g/mol. The van der Waals surface area contributed by atoms with Gasteiger partial charge in [0.15, 0.2) is 0 Å². The summed E-state index contributed by atoms with van der Waals surface area (Å²) in [5.74, 6) is 0. The van der Waals surface area contributed by atoms with Crippen molar-refractivity contribution >= 4 is 22.5 Å². The SMILES string of the molecule is CC(C)(C)[CH2][SnH]. The molecular formula is C5H12Sn. The van der Waals surface area contributed by atoms with Gasteiger partial charge in [-0.2, -0.15) is 0 Å². The van der Waals surface area contributed by atoms with Crippen molar-refractivity contribution < 1.29 is 0 Å². The summed E-state index contributed by atoms with van der Waals surface area (Å²) in [5.41, 5.74) is 0.599. The summed E-state index contributed by atoms with van der Waals surface area (Å²) in [5, 5.41) is 0. The molecule has 0 aromatic rings. The van der Waals surface area contributed by atoms with Gasteiger partial charge < -0.3 is 0 Å². The van der Waals surface area contributed by atoms with Gasteiger partial charge in [-0.15, -0.1) is 0 Å². The third-order valence-corrected chi connectivity index (χ3v) is 4.11. The molecule has 1 heteroatoms. The molecule has 0 atom stereocenters. The van der Waals surface area contributed by atoms with E-state index in [9.17, 15) is 0 Å². The van der Waals surface area contributed by atoms with Gasteiger partial charge in [-0.1, -0.05) is 0 Å². The van der Waals surface area contributed by atoms with Gasteiger partial charge in [0, 0.05) is 0 Å². The fourth-order valence-electron chi connectivity index (χ4n) is 0. The van der Waals surface area contributed by atoms with Crippen LogP contribution in [-0.2, 0) is 0 Å². The molecule has 0 rings (SSSR count). The second-order valence-corrected chi connectivity index (χ2v) is 3.93. The Bertz CT molecular complexity index is 33.7. The van der Waals surface area contributed by atoms with Crippen molar-refractivity contribution in [2.75, 3.05) is 0 Å². The average Bonchev–Trinajstić information content (AvgIpc) is 1.35. The van der Waals surface area contributed by atoms with Crippen LogP contribution in [0.1, 0.15) is 20.8 Å². The maximum absolute atomic E-state index is 2.28. The monoisotopic (exact) mass is 192 g/mol. The molecule has 0 bridgehead atoms. The Kier molecular flexibility index (Phi) is 2.49. The summed E-state index contributed by atoms with van der Waals surface area (Å²) in [6, 6.07) is 0. The molecule has 36 valence electrons. The Labute approximate surface area is 53.4 Å². The van der Waals surface area contributed by atoms with Gasteiger partial charge in [-0.25, -0.2) is 0 Å². The van der Waals surface area contributed by atoms with Crippen LogP contribution in [0, 0.1) is 5.41 Å². The first-order valence-corrected chi connectivity index (χ1v) is 4.59. The van der Waals surface area contributed by atoms with Crippen molar-refractivity contribution in [2.24, 2.45) is 5.41 Å². The third-order valence-electron chi connectivity index (χ3n) is 0.612. The third kappa shape index (κ3) is 4.80. The van der Waals surface area contributed by atoms with Crippen molar-refractivity contribution in [1.29, 1.82) is 0 Å². The molecule has 0 saturated heterocycles. The second kappa shape index (κ2) is 2.20. The zero-order valence-corrected chi connectivity index (χ0v) is 8.08. The van der Waals surface area contributed by atoms with E-state index in [1.165, 1.54) is 27.0 Å². The Hall–Kier alpha value is 0.799. The molecule has 0 saturated carbocycles. The van der Waals surface area contributed by atoms with E-state index in [1.807, 2.05) is 0 Å². The van der Waals surface area contributed by atoms with Gasteiger partial charge in [-0.3, -0.25) is 0 Å². The van der Waals surface area contributed by atoms with Crippen molar-refractivity contribution in [1.82, 2.24) is 0 Å². The molecule has 0 aliphatic heterocycles. The molecule has 0 amide bonds. The minimum absolute atomic E-state index is 0.599. The average molecular weight is 191 g/mol. The molecule has 0 N–H and O–H groups in total. The van der Waals surface area contributed by atoms with Gasteiger partial charge in [0.1, 0.15) is 0 Å². The molecule has 2 radical (unpaired) electrons. The van der Waals surface area contributed by atoms with Crippen LogP contribution in [0.25, 0.3) is 0 Å². The van der Waals surface area contributed by atoms with Gasteiger partial charge in [0.25, 0.3) is 0 Å². The van der Waals surface area contributed by atoms with Crippen molar-refractivity contribution in [3.63, 3.8) is 0 Å². The number of rotatable bonds is 0. The summed E-state index contributed by atoms with van der Waals surface area (Å²) < 4.78 is 1.40. The Balaban J connectivity index is 3.17. The Morgan fingerprint density at radius 3 is 1.50 bits per heavy atom. The van der Waals surface area contributed by atoms with Crippen LogP contribution >= 0.6 is 0 Å². The van der Waals surface area contributed by atoms with E-state index in [1.54, 1.807) is 0 Å². The normalized spacial score (nSPS) is 12.0. The van der Waals surface area contributed by atoms with Crippen LogP contribution in [0.3, 0.4) is 0 Å². The van der Waals surface area contributed by atoms with Crippen LogP contribution in [0.15, 0.2) is 0 Å².